The van der Waals surface area contributed by atoms with E-state index in [-0.39, 0.29) is 25.4 Å². The first-order valence-electron chi connectivity index (χ1n) is 11.5. The fourth-order valence-corrected chi connectivity index (χ4v) is 4.08. The molecule has 1 aromatic heterocycles. The highest BCUT2D eigenvalue weighted by molar-refractivity contribution is 5.99. The Morgan fingerprint density at radius 3 is 2.49 bits per heavy atom. The fraction of sp³-hybridized carbons (Fsp3) is 0.240. The van der Waals surface area contributed by atoms with Gasteiger partial charge in [-0.1, -0.05) is 36.4 Å². The topological polar surface area (TPSA) is 164 Å². The molecular formula is C25H26N6O6. The van der Waals surface area contributed by atoms with Crippen LogP contribution >= 0.6 is 0 Å². The first-order valence-corrected chi connectivity index (χ1v) is 11.5. The standard InChI is InChI=1S/C25H26N6O6/c1-16-4-2-7-19(12-16)28-25(34)30-11-10-29(24(33)20-8-9-21(37-20)31(35)36)23(30)22(32)27-15-18-6-3-5-17(13-18)14-26/h2-9,12-13,23H,10-11,14-15,26H2,1H3,(H,27,32)(H,28,34). The molecule has 0 spiro atoms. The highest BCUT2D eigenvalue weighted by Gasteiger charge is 2.44. The highest BCUT2D eigenvalue weighted by Crippen LogP contribution is 2.23. The van der Waals surface area contributed by atoms with Crippen molar-refractivity contribution in [1.29, 1.82) is 0 Å². The molecule has 37 heavy (non-hydrogen) atoms. The first kappa shape index (κ1) is 25.4. The molecule has 1 atom stereocenters. The van der Waals surface area contributed by atoms with Gasteiger partial charge in [0.25, 0.3) is 11.8 Å². The van der Waals surface area contributed by atoms with E-state index in [1.54, 1.807) is 18.2 Å². The van der Waals surface area contributed by atoms with Crippen LogP contribution in [0.4, 0.5) is 16.4 Å². The van der Waals surface area contributed by atoms with Gasteiger partial charge >= 0.3 is 11.9 Å². The number of amides is 4. The molecule has 0 bridgehead atoms. The molecular weight excluding hydrogens is 480 g/mol. The lowest BCUT2D eigenvalue weighted by atomic mass is 10.1. The van der Waals surface area contributed by atoms with Gasteiger partial charge < -0.3 is 25.7 Å². The van der Waals surface area contributed by atoms with Crippen LogP contribution in [0.15, 0.2) is 65.1 Å². The molecule has 12 nitrogen and oxygen atoms in total. The maximum absolute atomic E-state index is 13.4. The van der Waals surface area contributed by atoms with E-state index < -0.39 is 34.8 Å². The summed E-state index contributed by atoms with van der Waals surface area (Å²) in [6.07, 6.45) is -1.31. The molecule has 2 heterocycles. The lowest BCUT2D eigenvalue weighted by Gasteiger charge is -2.28. The number of nitrogens with zero attached hydrogens (tertiary/aromatic N) is 3. The number of carbonyl (C=O) groups excluding carboxylic acids is 3. The number of furan rings is 1. The summed E-state index contributed by atoms with van der Waals surface area (Å²) in [5, 5.41) is 16.5. The Morgan fingerprint density at radius 1 is 1.05 bits per heavy atom. The molecule has 12 heteroatoms. The van der Waals surface area contributed by atoms with Gasteiger partial charge in [0, 0.05) is 31.9 Å². The van der Waals surface area contributed by atoms with Gasteiger partial charge in [-0.25, -0.2) is 4.79 Å². The van der Waals surface area contributed by atoms with Crippen LogP contribution in [0.25, 0.3) is 0 Å². The smallest absolute Gasteiger partial charge is 0.395 e. The van der Waals surface area contributed by atoms with Crippen molar-refractivity contribution in [3.63, 3.8) is 0 Å². The third-order valence-electron chi connectivity index (χ3n) is 5.87. The molecule has 0 aliphatic carbocycles. The number of rotatable bonds is 7. The zero-order valence-electron chi connectivity index (χ0n) is 20.0. The Morgan fingerprint density at radius 2 is 1.78 bits per heavy atom. The number of carbonyl (C=O) groups is 3. The molecule has 192 valence electrons. The van der Waals surface area contributed by atoms with Crippen LogP contribution in [-0.2, 0) is 17.9 Å². The van der Waals surface area contributed by atoms with Gasteiger partial charge in [0.15, 0.2) is 11.9 Å². The number of nitrogens with one attached hydrogen (secondary N) is 2. The number of nitro groups is 1. The van der Waals surface area contributed by atoms with Gasteiger partial charge in [-0.2, -0.15) is 0 Å². The van der Waals surface area contributed by atoms with Crippen LogP contribution in [0.1, 0.15) is 27.2 Å². The zero-order chi connectivity index (χ0) is 26.5. The molecule has 1 fully saturated rings. The van der Waals surface area contributed by atoms with E-state index in [2.05, 4.69) is 10.6 Å². The van der Waals surface area contributed by atoms with Crippen LogP contribution in [0.2, 0.25) is 0 Å². The summed E-state index contributed by atoms with van der Waals surface area (Å²) in [7, 11) is 0. The maximum atomic E-state index is 13.4. The Labute approximate surface area is 212 Å². The number of anilines is 1. The third kappa shape index (κ3) is 5.76. The minimum atomic E-state index is -1.31. The molecule has 2 aromatic carbocycles. The second-order valence-corrected chi connectivity index (χ2v) is 8.50. The van der Waals surface area contributed by atoms with Gasteiger partial charge in [-0.3, -0.25) is 24.6 Å². The number of urea groups is 1. The van der Waals surface area contributed by atoms with E-state index in [0.29, 0.717) is 12.2 Å². The van der Waals surface area contributed by atoms with E-state index in [1.165, 1.54) is 11.0 Å². The van der Waals surface area contributed by atoms with E-state index >= 15 is 0 Å². The summed E-state index contributed by atoms with van der Waals surface area (Å²) in [6, 6.07) is 16.2. The largest absolute Gasteiger partial charge is 0.433 e. The van der Waals surface area contributed by atoms with E-state index in [1.807, 2.05) is 37.3 Å². The van der Waals surface area contributed by atoms with Gasteiger partial charge in [0.1, 0.15) is 4.92 Å². The second-order valence-electron chi connectivity index (χ2n) is 8.50. The van der Waals surface area contributed by atoms with Crippen LogP contribution in [0, 0.1) is 17.0 Å². The summed E-state index contributed by atoms with van der Waals surface area (Å²) in [6.45, 7) is 2.45. The van der Waals surface area contributed by atoms with Crippen molar-refractivity contribution in [2.24, 2.45) is 5.73 Å². The molecule has 4 rings (SSSR count). The predicted molar refractivity (Wildman–Crippen MR) is 133 cm³/mol. The minimum absolute atomic E-state index is 0.0231. The van der Waals surface area contributed by atoms with Crippen LogP contribution in [0.3, 0.4) is 0 Å². The van der Waals surface area contributed by atoms with Crippen molar-refractivity contribution >= 4 is 29.4 Å². The number of hydrogen-bond acceptors (Lipinski definition) is 7. The molecule has 4 amide bonds. The summed E-state index contributed by atoms with van der Waals surface area (Å²) < 4.78 is 5.05. The highest BCUT2D eigenvalue weighted by atomic mass is 16.6. The fourth-order valence-electron chi connectivity index (χ4n) is 4.08. The van der Waals surface area contributed by atoms with Crippen molar-refractivity contribution < 1.29 is 23.7 Å². The Bertz CT molecular complexity index is 1340. The molecule has 0 radical (unpaired) electrons. The van der Waals surface area contributed by atoms with Crippen LogP contribution in [0.5, 0.6) is 0 Å². The summed E-state index contributed by atoms with van der Waals surface area (Å²) in [4.78, 5) is 52.3. The monoisotopic (exact) mass is 506 g/mol. The van der Waals surface area contributed by atoms with Crippen molar-refractivity contribution in [3.8, 4) is 0 Å². The van der Waals surface area contributed by atoms with E-state index in [9.17, 15) is 24.5 Å². The van der Waals surface area contributed by atoms with E-state index in [0.717, 1.165) is 27.7 Å². The van der Waals surface area contributed by atoms with Crippen LogP contribution < -0.4 is 16.4 Å². The van der Waals surface area contributed by atoms with Crippen molar-refractivity contribution in [2.75, 3.05) is 18.4 Å². The molecule has 0 saturated carbocycles. The average molecular weight is 507 g/mol. The number of benzene rings is 2. The first-order chi connectivity index (χ1) is 17.8. The van der Waals surface area contributed by atoms with Crippen LogP contribution in [-0.4, -0.2) is 51.8 Å². The van der Waals surface area contributed by atoms with Gasteiger partial charge in [-0.05, 0) is 41.8 Å². The summed E-state index contributed by atoms with van der Waals surface area (Å²) >= 11 is 0. The van der Waals surface area contributed by atoms with Crippen molar-refractivity contribution in [1.82, 2.24) is 15.1 Å². The molecule has 1 aliphatic heterocycles. The Hall–Kier alpha value is -4.71. The van der Waals surface area contributed by atoms with E-state index in [4.69, 9.17) is 10.2 Å². The van der Waals surface area contributed by atoms with Gasteiger partial charge in [0.05, 0.1) is 6.07 Å². The lowest BCUT2D eigenvalue weighted by molar-refractivity contribution is -0.402. The molecule has 1 aliphatic rings. The molecule has 4 N–H and O–H groups in total. The Kier molecular flexibility index (Phi) is 7.49. The Balaban J connectivity index is 1.57. The minimum Gasteiger partial charge on any atom is -0.395 e. The van der Waals surface area contributed by atoms with Crippen molar-refractivity contribution in [2.45, 2.75) is 26.2 Å². The zero-order valence-corrected chi connectivity index (χ0v) is 20.0. The molecule has 1 saturated heterocycles. The molecule has 1 unspecified atom stereocenters. The lowest BCUT2D eigenvalue weighted by Crippen LogP contribution is -2.54. The predicted octanol–water partition coefficient (Wildman–Crippen LogP) is 2.59. The maximum Gasteiger partial charge on any atom is 0.433 e. The quantitative estimate of drug-likeness (QED) is 0.327. The summed E-state index contributed by atoms with van der Waals surface area (Å²) in [5.74, 6) is -2.24. The molecule has 3 aromatic rings. The third-order valence-corrected chi connectivity index (χ3v) is 5.87. The van der Waals surface area contributed by atoms with Gasteiger partial charge in [0.2, 0.25) is 0 Å². The van der Waals surface area contributed by atoms with Crippen molar-refractivity contribution in [3.05, 3.63) is 93.2 Å². The number of aryl methyl sites for hydroxylation is 1. The number of hydrogen-bond donors (Lipinski definition) is 3. The normalized spacial score (nSPS) is 14.9. The summed E-state index contributed by atoms with van der Waals surface area (Å²) in [5.41, 5.74) is 8.85. The van der Waals surface area contributed by atoms with Gasteiger partial charge in [-0.15, -0.1) is 0 Å². The second kappa shape index (κ2) is 10.9. The average Bonchev–Trinajstić information content (AvgIpc) is 3.55. The SMILES string of the molecule is Cc1cccc(NC(=O)N2CCN(C(=O)c3ccc([N+](=O)[O-])o3)C2C(=O)NCc2cccc(CN)c2)c1. The number of nitrogens with two attached hydrogens (primary N) is 1.